The molecular weight excluding hydrogens is 344 g/mol. The van der Waals surface area contributed by atoms with Crippen LogP contribution in [0.15, 0.2) is 67.0 Å². The fraction of sp³-hybridized carbons (Fsp3) is 0.0500. The average molecular weight is 358 g/mol. The Morgan fingerprint density at radius 1 is 1.00 bits per heavy atom. The summed E-state index contributed by atoms with van der Waals surface area (Å²) in [5.74, 6) is 0.868. The molecule has 0 radical (unpaired) electrons. The number of aryl methyl sites for hydroxylation is 1. The van der Waals surface area contributed by atoms with Crippen LogP contribution in [0, 0.1) is 17.0 Å². The van der Waals surface area contributed by atoms with Crippen LogP contribution in [0.2, 0.25) is 0 Å². The lowest BCUT2D eigenvalue weighted by atomic mass is 10.2. The van der Waals surface area contributed by atoms with E-state index in [9.17, 15) is 10.1 Å². The summed E-state index contributed by atoms with van der Waals surface area (Å²) < 4.78 is 5.92. The maximum Gasteiger partial charge on any atom is 0.311 e. The normalized spacial score (nSPS) is 10.7. The summed E-state index contributed by atoms with van der Waals surface area (Å²) in [5.41, 5.74) is 2.20. The zero-order valence-corrected chi connectivity index (χ0v) is 14.4. The highest BCUT2D eigenvalue weighted by Crippen LogP contribution is 2.35. The van der Waals surface area contributed by atoms with Crippen molar-refractivity contribution < 1.29 is 9.66 Å². The summed E-state index contributed by atoms with van der Waals surface area (Å²) in [6, 6.07) is 15.7. The summed E-state index contributed by atoms with van der Waals surface area (Å²) in [4.78, 5) is 24.0. The van der Waals surface area contributed by atoms with Crippen LogP contribution in [0.5, 0.6) is 11.6 Å². The van der Waals surface area contributed by atoms with Gasteiger partial charge in [0.25, 0.3) is 0 Å². The number of fused-ring (bicyclic) bond motifs is 1. The topological polar surface area (TPSA) is 91.0 Å². The number of rotatable bonds is 4. The van der Waals surface area contributed by atoms with Crippen molar-refractivity contribution in [3.8, 4) is 23.0 Å². The molecule has 0 aliphatic carbocycles. The van der Waals surface area contributed by atoms with Gasteiger partial charge in [0.1, 0.15) is 0 Å². The van der Waals surface area contributed by atoms with Crippen molar-refractivity contribution >= 4 is 16.6 Å². The Morgan fingerprint density at radius 3 is 2.56 bits per heavy atom. The second-order valence-corrected chi connectivity index (χ2v) is 5.94. The first kappa shape index (κ1) is 16.6. The summed E-state index contributed by atoms with van der Waals surface area (Å²) >= 11 is 0. The first-order valence-corrected chi connectivity index (χ1v) is 8.22. The van der Waals surface area contributed by atoms with Gasteiger partial charge >= 0.3 is 5.69 Å². The van der Waals surface area contributed by atoms with E-state index in [-0.39, 0.29) is 17.3 Å². The zero-order valence-electron chi connectivity index (χ0n) is 14.4. The Morgan fingerprint density at radius 2 is 1.78 bits per heavy atom. The van der Waals surface area contributed by atoms with Crippen molar-refractivity contribution in [3.05, 3.63) is 82.7 Å². The van der Waals surface area contributed by atoms with E-state index in [1.54, 1.807) is 36.7 Å². The number of para-hydroxylation sites is 1. The van der Waals surface area contributed by atoms with Gasteiger partial charge in [-0.1, -0.05) is 18.2 Å². The fourth-order valence-electron chi connectivity index (χ4n) is 2.71. The molecule has 0 saturated heterocycles. The molecule has 0 aliphatic heterocycles. The summed E-state index contributed by atoms with van der Waals surface area (Å²) in [7, 11) is 0. The van der Waals surface area contributed by atoms with Crippen molar-refractivity contribution in [1.29, 1.82) is 0 Å². The highest BCUT2D eigenvalue weighted by molar-refractivity contribution is 5.85. The lowest BCUT2D eigenvalue weighted by Crippen LogP contribution is -1.99. The van der Waals surface area contributed by atoms with E-state index in [0.717, 1.165) is 11.1 Å². The smallest absolute Gasteiger partial charge is 0.311 e. The number of pyridine rings is 1. The molecule has 4 aromatic rings. The number of hydrogen-bond acceptors (Lipinski definition) is 6. The van der Waals surface area contributed by atoms with Crippen LogP contribution >= 0.6 is 0 Å². The molecule has 27 heavy (non-hydrogen) atoms. The van der Waals surface area contributed by atoms with Crippen molar-refractivity contribution in [2.24, 2.45) is 0 Å². The van der Waals surface area contributed by atoms with Gasteiger partial charge in [0.15, 0.2) is 5.82 Å². The van der Waals surface area contributed by atoms with E-state index in [1.165, 1.54) is 6.07 Å². The molecule has 0 N–H and O–H groups in total. The van der Waals surface area contributed by atoms with Crippen LogP contribution in [0.1, 0.15) is 5.56 Å². The Kier molecular flexibility index (Phi) is 4.18. The third-order valence-corrected chi connectivity index (χ3v) is 4.03. The molecular formula is C20H14N4O3. The minimum absolute atomic E-state index is 0.117. The van der Waals surface area contributed by atoms with Crippen LogP contribution < -0.4 is 4.74 Å². The Labute approximate surface area is 154 Å². The molecule has 7 heteroatoms. The van der Waals surface area contributed by atoms with E-state index in [4.69, 9.17) is 4.74 Å². The number of nitrogens with zero attached hydrogens (tertiary/aromatic N) is 4. The standard InChI is InChI=1S/C20H14N4O3/c1-13-6-7-17(24(25)26)18(12-13)27-20-15-4-2-3-5-16(15)22-19(23-20)14-8-10-21-11-9-14/h2-12H,1H3. The summed E-state index contributed by atoms with van der Waals surface area (Å²) in [5, 5.41) is 12.0. The predicted molar refractivity (Wildman–Crippen MR) is 101 cm³/mol. The van der Waals surface area contributed by atoms with Gasteiger partial charge < -0.3 is 4.74 Å². The van der Waals surface area contributed by atoms with Crippen LogP contribution in [0.25, 0.3) is 22.3 Å². The van der Waals surface area contributed by atoms with Crippen molar-refractivity contribution in [3.63, 3.8) is 0 Å². The Bertz CT molecular complexity index is 1150. The molecule has 0 aliphatic rings. The molecule has 2 aromatic carbocycles. The highest BCUT2D eigenvalue weighted by atomic mass is 16.6. The quantitative estimate of drug-likeness (QED) is 0.388. The first-order chi connectivity index (χ1) is 13.1. The Hall–Kier alpha value is -3.87. The average Bonchev–Trinajstić information content (AvgIpc) is 2.68. The number of aromatic nitrogens is 3. The van der Waals surface area contributed by atoms with Crippen LogP contribution in [-0.2, 0) is 0 Å². The van der Waals surface area contributed by atoms with Gasteiger partial charge in [-0.05, 0) is 42.8 Å². The first-order valence-electron chi connectivity index (χ1n) is 8.22. The Balaban J connectivity index is 1.89. The van der Waals surface area contributed by atoms with Gasteiger partial charge in [0.05, 0.1) is 15.8 Å². The van der Waals surface area contributed by atoms with Gasteiger partial charge in [-0.25, -0.2) is 4.98 Å². The molecule has 0 atom stereocenters. The molecule has 0 saturated carbocycles. The number of benzene rings is 2. The van der Waals surface area contributed by atoms with E-state index < -0.39 is 4.92 Å². The van der Waals surface area contributed by atoms with E-state index in [0.29, 0.717) is 16.7 Å². The predicted octanol–water partition coefficient (Wildman–Crippen LogP) is 4.70. The molecule has 132 valence electrons. The number of nitro groups is 1. The molecule has 2 heterocycles. The van der Waals surface area contributed by atoms with E-state index >= 15 is 0 Å². The van der Waals surface area contributed by atoms with Gasteiger partial charge in [-0.2, -0.15) is 4.98 Å². The maximum absolute atomic E-state index is 11.4. The van der Waals surface area contributed by atoms with Gasteiger partial charge in [-0.3, -0.25) is 15.1 Å². The number of nitro benzene ring substituents is 1. The van der Waals surface area contributed by atoms with Gasteiger partial charge in [-0.15, -0.1) is 0 Å². The second kappa shape index (κ2) is 6.80. The monoisotopic (exact) mass is 358 g/mol. The van der Waals surface area contributed by atoms with Gasteiger partial charge in [0.2, 0.25) is 11.6 Å². The summed E-state index contributed by atoms with van der Waals surface area (Å²) in [6.07, 6.45) is 3.31. The minimum atomic E-state index is -0.470. The molecule has 7 nitrogen and oxygen atoms in total. The third kappa shape index (κ3) is 3.30. The molecule has 0 spiro atoms. The van der Waals surface area contributed by atoms with Crippen molar-refractivity contribution in [1.82, 2.24) is 15.0 Å². The maximum atomic E-state index is 11.4. The highest BCUT2D eigenvalue weighted by Gasteiger charge is 2.18. The van der Waals surface area contributed by atoms with Crippen LogP contribution in [0.3, 0.4) is 0 Å². The second-order valence-electron chi connectivity index (χ2n) is 5.94. The largest absolute Gasteiger partial charge is 0.431 e. The van der Waals surface area contributed by atoms with Crippen LogP contribution in [0.4, 0.5) is 5.69 Å². The van der Waals surface area contributed by atoms with E-state index in [2.05, 4.69) is 15.0 Å². The molecule has 0 bridgehead atoms. The van der Waals surface area contributed by atoms with E-state index in [1.807, 2.05) is 31.2 Å². The minimum Gasteiger partial charge on any atom is -0.431 e. The SMILES string of the molecule is Cc1ccc([N+](=O)[O-])c(Oc2nc(-c3ccncc3)nc3ccccc23)c1. The van der Waals surface area contributed by atoms with Crippen molar-refractivity contribution in [2.75, 3.05) is 0 Å². The molecule has 0 unspecified atom stereocenters. The fourth-order valence-corrected chi connectivity index (χ4v) is 2.71. The van der Waals surface area contributed by atoms with Gasteiger partial charge in [0, 0.05) is 24.0 Å². The van der Waals surface area contributed by atoms with Crippen molar-refractivity contribution in [2.45, 2.75) is 6.92 Å². The third-order valence-electron chi connectivity index (χ3n) is 4.03. The zero-order chi connectivity index (χ0) is 18.8. The lowest BCUT2D eigenvalue weighted by Gasteiger charge is -2.11. The molecule has 4 rings (SSSR count). The molecule has 2 aromatic heterocycles. The lowest BCUT2D eigenvalue weighted by molar-refractivity contribution is -0.385. The number of hydrogen-bond donors (Lipinski definition) is 0. The van der Waals surface area contributed by atoms with Crippen LogP contribution in [-0.4, -0.2) is 19.9 Å². The summed E-state index contributed by atoms with van der Waals surface area (Å²) in [6.45, 7) is 1.84. The molecule has 0 fully saturated rings. The molecule has 0 amide bonds. The number of ether oxygens (including phenoxy) is 1.